The van der Waals surface area contributed by atoms with Crippen molar-refractivity contribution in [2.45, 2.75) is 20.8 Å². The fourth-order valence-electron chi connectivity index (χ4n) is 1.88. The van der Waals surface area contributed by atoms with Gasteiger partial charge in [-0.15, -0.1) is 0 Å². The molecule has 0 unspecified atom stereocenters. The van der Waals surface area contributed by atoms with Gasteiger partial charge in [0.15, 0.2) is 0 Å². The van der Waals surface area contributed by atoms with Gasteiger partial charge in [-0.05, 0) is 30.7 Å². The van der Waals surface area contributed by atoms with E-state index in [1.165, 1.54) is 0 Å². The smallest absolute Gasteiger partial charge is 0.0426 e. The van der Waals surface area contributed by atoms with Crippen LogP contribution in [0.3, 0.4) is 0 Å². The van der Waals surface area contributed by atoms with Gasteiger partial charge in [0.05, 0.1) is 0 Å². The molecule has 96 valence electrons. The third kappa shape index (κ3) is 6.54. The molecule has 17 heavy (non-hydrogen) atoms. The van der Waals surface area contributed by atoms with Crippen LogP contribution in [0.15, 0.2) is 24.3 Å². The number of halogens is 1. The van der Waals surface area contributed by atoms with E-state index in [0.717, 1.165) is 30.3 Å². The van der Waals surface area contributed by atoms with E-state index >= 15 is 0 Å². The Morgan fingerprint density at radius 2 is 2.00 bits per heavy atom. The van der Waals surface area contributed by atoms with Crippen LogP contribution in [0.25, 0.3) is 0 Å². The molecule has 0 aliphatic rings. The molecule has 0 aliphatic carbocycles. The van der Waals surface area contributed by atoms with Crippen molar-refractivity contribution in [3.8, 4) is 0 Å². The minimum Gasteiger partial charge on any atom is -0.384 e. The number of nitrogens with one attached hydrogen (secondary N) is 1. The fourth-order valence-corrected chi connectivity index (χ4v) is 2.07. The molecule has 1 aromatic rings. The van der Waals surface area contributed by atoms with E-state index in [1.54, 1.807) is 0 Å². The van der Waals surface area contributed by atoms with Crippen LogP contribution in [0.1, 0.15) is 20.8 Å². The van der Waals surface area contributed by atoms with Crippen LogP contribution in [0.4, 0.5) is 5.69 Å². The molecule has 0 heterocycles. The van der Waals surface area contributed by atoms with Crippen molar-refractivity contribution in [3.63, 3.8) is 0 Å². The number of rotatable bonds is 5. The Hall–Kier alpha value is -0.730. The molecule has 2 nitrogen and oxygen atoms in total. The summed E-state index contributed by atoms with van der Waals surface area (Å²) in [5.41, 5.74) is 1.44. The van der Waals surface area contributed by atoms with Gasteiger partial charge < -0.3 is 10.2 Å². The molecule has 0 aliphatic heterocycles. The van der Waals surface area contributed by atoms with Crippen molar-refractivity contribution in [1.29, 1.82) is 0 Å². The zero-order valence-electron chi connectivity index (χ0n) is 11.3. The SMILES string of the molecule is CN(CCNc1cccc(Cl)c1)CC(C)(C)C. The Morgan fingerprint density at radius 3 is 2.59 bits per heavy atom. The van der Waals surface area contributed by atoms with E-state index in [4.69, 9.17) is 11.6 Å². The molecule has 0 saturated carbocycles. The molecule has 0 saturated heterocycles. The molecule has 0 spiro atoms. The Bertz CT molecular complexity index is 344. The van der Waals surface area contributed by atoms with Gasteiger partial charge in [-0.2, -0.15) is 0 Å². The molecule has 0 atom stereocenters. The molecular weight excluding hydrogens is 232 g/mol. The van der Waals surface area contributed by atoms with Crippen molar-refractivity contribution in [2.24, 2.45) is 5.41 Å². The average Bonchev–Trinajstić information content (AvgIpc) is 2.14. The fraction of sp³-hybridized carbons (Fsp3) is 0.571. The van der Waals surface area contributed by atoms with E-state index in [9.17, 15) is 0 Å². The van der Waals surface area contributed by atoms with Crippen molar-refractivity contribution in [2.75, 3.05) is 32.0 Å². The molecule has 3 heteroatoms. The number of likely N-dealkylation sites (N-methyl/N-ethyl adjacent to an activating group) is 1. The molecule has 0 amide bonds. The third-order valence-electron chi connectivity index (χ3n) is 2.39. The first kappa shape index (κ1) is 14.3. The van der Waals surface area contributed by atoms with Gasteiger partial charge in [-0.3, -0.25) is 0 Å². The lowest BCUT2D eigenvalue weighted by Gasteiger charge is -2.26. The van der Waals surface area contributed by atoms with Crippen LogP contribution in [-0.2, 0) is 0 Å². The summed E-state index contributed by atoms with van der Waals surface area (Å²) < 4.78 is 0. The molecule has 1 aromatic carbocycles. The largest absolute Gasteiger partial charge is 0.384 e. The van der Waals surface area contributed by atoms with Crippen LogP contribution in [0.2, 0.25) is 5.02 Å². The van der Waals surface area contributed by atoms with E-state index in [1.807, 2.05) is 24.3 Å². The average molecular weight is 255 g/mol. The molecule has 0 aromatic heterocycles. The first-order valence-corrected chi connectivity index (χ1v) is 6.43. The van der Waals surface area contributed by atoms with E-state index in [-0.39, 0.29) is 0 Å². The Balaban J connectivity index is 2.28. The maximum Gasteiger partial charge on any atom is 0.0426 e. The first-order valence-electron chi connectivity index (χ1n) is 6.05. The normalized spacial score (nSPS) is 11.9. The highest BCUT2D eigenvalue weighted by molar-refractivity contribution is 6.30. The summed E-state index contributed by atoms with van der Waals surface area (Å²) >= 11 is 5.92. The van der Waals surface area contributed by atoms with Gasteiger partial charge in [0.1, 0.15) is 0 Å². The Morgan fingerprint density at radius 1 is 1.29 bits per heavy atom. The summed E-state index contributed by atoms with van der Waals surface area (Å²) in [6.07, 6.45) is 0. The molecule has 0 radical (unpaired) electrons. The van der Waals surface area contributed by atoms with Crippen molar-refractivity contribution in [1.82, 2.24) is 4.90 Å². The van der Waals surface area contributed by atoms with E-state index in [0.29, 0.717) is 5.41 Å². The molecule has 1 rings (SSSR count). The third-order valence-corrected chi connectivity index (χ3v) is 2.63. The summed E-state index contributed by atoms with van der Waals surface area (Å²) in [6, 6.07) is 7.84. The predicted molar refractivity (Wildman–Crippen MR) is 76.9 cm³/mol. The van der Waals surface area contributed by atoms with Gasteiger partial charge in [-0.1, -0.05) is 38.4 Å². The topological polar surface area (TPSA) is 15.3 Å². The lowest BCUT2D eigenvalue weighted by atomic mass is 9.96. The van der Waals surface area contributed by atoms with E-state index < -0.39 is 0 Å². The molecule has 1 N–H and O–H groups in total. The van der Waals surface area contributed by atoms with E-state index in [2.05, 4.69) is 38.0 Å². The summed E-state index contributed by atoms with van der Waals surface area (Å²) in [6.45, 7) is 9.84. The monoisotopic (exact) mass is 254 g/mol. The summed E-state index contributed by atoms with van der Waals surface area (Å²) in [5, 5.41) is 4.15. The van der Waals surface area contributed by atoms with Gasteiger partial charge in [0, 0.05) is 30.3 Å². The number of hydrogen-bond donors (Lipinski definition) is 1. The Labute approximate surface area is 110 Å². The maximum absolute atomic E-state index is 5.92. The Kier molecular flexibility index (Phi) is 5.29. The predicted octanol–water partition coefficient (Wildman–Crippen LogP) is 3.73. The summed E-state index contributed by atoms with van der Waals surface area (Å²) in [7, 11) is 2.16. The lowest BCUT2D eigenvalue weighted by molar-refractivity contribution is 0.233. The minimum absolute atomic E-state index is 0.352. The summed E-state index contributed by atoms with van der Waals surface area (Å²) in [5.74, 6) is 0. The maximum atomic E-state index is 5.92. The second-order valence-electron chi connectivity index (χ2n) is 5.74. The second-order valence-corrected chi connectivity index (χ2v) is 6.17. The first-order chi connectivity index (χ1) is 7.87. The quantitative estimate of drug-likeness (QED) is 0.861. The highest BCUT2D eigenvalue weighted by atomic mass is 35.5. The minimum atomic E-state index is 0.352. The van der Waals surface area contributed by atoms with Crippen LogP contribution in [0, 0.1) is 5.41 Å². The zero-order valence-corrected chi connectivity index (χ0v) is 12.0. The molecule has 0 bridgehead atoms. The van der Waals surface area contributed by atoms with Gasteiger partial charge in [0.2, 0.25) is 0 Å². The van der Waals surface area contributed by atoms with Crippen molar-refractivity contribution >= 4 is 17.3 Å². The number of benzene rings is 1. The van der Waals surface area contributed by atoms with Gasteiger partial charge in [-0.25, -0.2) is 0 Å². The number of anilines is 1. The highest BCUT2D eigenvalue weighted by Gasteiger charge is 2.12. The zero-order chi connectivity index (χ0) is 12.9. The van der Waals surface area contributed by atoms with Crippen LogP contribution in [-0.4, -0.2) is 31.6 Å². The van der Waals surface area contributed by atoms with Crippen molar-refractivity contribution in [3.05, 3.63) is 29.3 Å². The second kappa shape index (κ2) is 6.27. The van der Waals surface area contributed by atoms with Crippen LogP contribution >= 0.6 is 11.6 Å². The van der Waals surface area contributed by atoms with Gasteiger partial charge in [0.25, 0.3) is 0 Å². The van der Waals surface area contributed by atoms with Crippen molar-refractivity contribution < 1.29 is 0 Å². The van der Waals surface area contributed by atoms with Crippen LogP contribution < -0.4 is 5.32 Å². The van der Waals surface area contributed by atoms with Gasteiger partial charge >= 0.3 is 0 Å². The number of nitrogens with zero attached hydrogens (tertiary/aromatic N) is 1. The molecular formula is C14H23ClN2. The van der Waals surface area contributed by atoms with Crippen LogP contribution in [0.5, 0.6) is 0 Å². The standard InChI is InChI=1S/C14H23ClN2/c1-14(2,3)11-17(4)9-8-16-13-7-5-6-12(15)10-13/h5-7,10,16H,8-9,11H2,1-4H3. The highest BCUT2D eigenvalue weighted by Crippen LogP contribution is 2.15. The lowest BCUT2D eigenvalue weighted by Crippen LogP contribution is -2.32. The number of hydrogen-bond acceptors (Lipinski definition) is 2. The summed E-state index contributed by atoms with van der Waals surface area (Å²) in [4.78, 5) is 2.34. The molecule has 0 fully saturated rings.